The van der Waals surface area contributed by atoms with E-state index >= 15 is 0 Å². The molecule has 24 heavy (non-hydrogen) atoms. The Morgan fingerprint density at radius 3 is 2.54 bits per heavy atom. The van der Waals surface area contributed by atoms with E-state index in [2.05, 4.69) is 20.5 Å². The zero-order valence-electron chi connectivity index (χ0n) is 13.3. The Hall–Kier alpha value is -2.93. The van der Waals surface area contributed by atoms with E-state index in [1.165, 1.54) is 0 Å². The summed E-state index contributed by atoms with van der Waals surface area (Å²) in [6.45, 7) is 3.74. The number of nitrogens with one attached hydrogen (secondary N) is 2. The highest BCUT2D eigenvalue weighted by atomic mass is 16.2. The van der Waals surface area contributed by atoms with Gasteiger partial charge in [-0.1, -0.05) is 12.1 Å². The van der Waals surface area contributed by atoms with Crippen molar-refractivity contribution in [1.82, 2.24) is 0 Å². The highest BCUT2D eigenvalue weighted by molar-refractivity contribution is 6.10. The lowest BCUT2D eigenvalue weighted by Gasteiger charge is -2.21. The van der Waals surface area contributed by atoms with Gasteiger partial charge in [-0.15, -0.1) is 0 Å². The average molecular weight is 327 g/mol. The number of quaternary nitrogens is 1. The molecule has 0 radical (unpaired) electrons. The number of H-pyrrole nitrogens is 1. The summed E-state index contributed by atoms with van der Waals surface area (Å²) < 4.78 is 0. The van der Waals surface area contributed by atoms with Crippen molar-refractivity contribution in [3.8, 4) is 0 Å². The van der Waals surface area contributed by atoms with Crippen LogP contribution in [-0.4, -0.2) is 38.0 Å². The lowest BCUT2D eigenvalue weighted by molar-refractivity contribution is -0.656. The smallest absolute Gasteiger partial charge is 0.287 e. The molecule has 2 amide bonds. The first kappa shape index (κ1) is 15.9. The molecule has 1 aliphatic rings. The van der Waals surface area contributed by atoms with Crippen molar-refractivity contribution in [1.29, 1.82) is 0 Å². The molecule has 124 valence electrons. The summed E-state index contributed by atoms with van der Waals surface area (Å²) >= 11 is 0. The number of aromatic amines is 1. The quantitative estimate of drug-likeness (QED) is 0.687. The topological polar surface area (TPSA) is 106 Å². The minimum Gasteiger partial charge on any atom is -0.366 e. The number of hydrogen-bond donors (Lipinski definition) is 3. The van der Waals surface area contributed by atoms with Gasteiger partial charge in [-0.05, 0) is 24.3 Å². The number of primary amides is 1. The Labute approximate surface area is 139 Å². The molecule has 6 N–H and O–H groups in total. The van der Waals surface area contributed by atoms with Gasteiger partial charge in [0.2, 0.25) is 0 Å². The Bertz CT molecular complexity index is 756. The maximum atomic E-state index is 12.7. The Morgan fingerprint density at radius 2 is 1.79 bits per heavy atom. The first-order valence-electron chi connectivity index (χ1n) is 7.94. The van der Waals surface area contributed by atoms with E-state index in [9.17, 15) is 9.59 Å². The van der Waals surface area contributed by atoms with E-state index in [4.69, 9.17) is 5.73 Å². The molecule has 3 rings (SSSR count). The summed E-state index contributed by atoms with van der Waals surface area (Å²) in [7, 11) is 0. The number of carbonyl (C=O) groups is 2. The van der Waals surface area contributed by atoms with Gasteiger partial charge in [-0.2, -0.15) is 0 Å². The molecule has 7 nitrogen and oxygen atoms in total. The van der Waals surface area contributed by atoms with Gasteiger partial charge in [0.15, 0.2) is 0 Å². The van der Waals surface area contributed by atoms with Gasteiger partial charge in [0.05, 0.1) is 17.4 Å². The minimum absolute atomic E-state index is 0.273. The molecule has 0 atom stereocenters. The second-order valence-corrected chi connectivity index (χ2v) is 5.65. The number of hydrogen-bond acceptors (Lipinski definition) is 3. The monoisotopic (exact) mass is 327 g/mol. The highest BCUT2D eigenvalue weighted by Gasteiger charge is 2.27. The van der Waals surface area contributed by atoms with Crippen LogP contribution >= 0.6 is 0 Å². The third-order valence-corrected chi connectivity index (χ3v) is 4.04. The molecule has 2 aromatic rings. The number of carbonyl (C=O) groups excluding carboxylic acids is 2. The predicted octanol–water partition coefficient (Wildman–Crippen LogP) is -0.765. The van der Waals surface area contributed by atoms with Gasteiger partial charge in [-0.3, -0.25) is 9.59 Å². The number of para-hydroxylation sites is 1. The third kappa shape index (κ3) is 3.36. The fourth-order valence-corrected chi connectivity index (χ4v) is 2.84. The molecule has 1 saturated heterocycles. The molecule has 0 bridgehead atoms. The third-order valence-electron chi connectivity index (χ3n) is 4.04. The lowest BCUT2D eigenvalue weighted by Crippen LogP contribution is -2.90. The molecule has 7 heteroatoms. The van der Waals surface area contributed by atoms with Gasteiger partial charge >= 0.3 is 0 Å². The van der Waals surface area contributed by atoms with Crippen LogP contribution in [0.25, 0.3) is 0 Å². The summed E-state index contributed by atoms with van der Waals surface area (Å²) in [4.78, 5) is 29.6. The van der Waals surface area contributed by atoms with Crippen LogP contribution < -0.4 is 26.3 Å². The maximum Gasteiger partial charge on any atom is 0.287 e. The molecular formula is C17H21N5O2+2. The van der Waals surface area contributed by atoms with Gasteiger partial charge in [0, 0.05) is 0 Å². The first-order chi connectivity index (χ1) is 11.7. The number of nitrogens with two attached hydrogens (primary N) is 2. The van der Waals surface area contributed by atoms with Crippen LogP contribution in [-0.2, 0) is 0 Å². The molecule has 1 aromatic heterocycles. The number of pyridine rings is 1. The molecule has 1 fully saturated rings. The SMILES string of the molecule is NC(=O)c1ccccc1NC(=O)c1ccc[nH+]c1N1CC[NH2+]CC1. The van der Waals surface area contributed by atoms with Crippen LogP contribution in [0.5, 0.6) is 0 Å². The number of amides is 2. The van der Waals surface area contributed by atoms with E-state index in [1.54, 1.807) is 36.4 Å². The summed E-state index contributed by atoms with van der Waals surface area (Å²) in [5, 5.41) is 5.05. The zero-order chi connectivity index (χ0) is 16.9. The number of anilines is 2. The average Bonchev–Trinajstić information content (AvgIpc) is 2.62. The van der Waals surface area contributed by atoms with Crippen LogP contribution in [0.2, 0.25) is 0 Å². The van der Waals surface area contributed by atoms with Crippen molar-refractivity contribution in [2.75, 3.05) is 36.4 Å². The van der Waals surface area contributed by atoms with Crippen LogP contribution in [0, 0.1) is 0 Å². The minimum atomic E-state index is -0.572. The van der Waals surface area contributed by atoms with Gasteiger partial charge < -0.3 is 16.4 Å². The summed E-state index contributed by atoms with van der Waals surface area (Å²) in [5.74, 6) is -0.0536. The molecule has 0 spiro atoms. The van der Waals surface area contributed by atoms with Crippen LogP contribution in [0.4, 0.5) is 11.5 Å². The Kier molecular flexibility index (Phi) is 4.72. The normalized spacial score (nSPS) is 14.2. The van der Waals surface area contributed by atoms with E-state index in [-0.39, 0.29) is 5.91 Å². The highest BCUT2D eigenvalue weighted by Crippen LogP contribution is 2.19. The molecule has 0 unspecified atom stereocenters. The molecular weight excluding hydrogens is 306 g/mol. The van der Waals surface area contributed by atoms with Crippen molar-refractivity contribution < 1.29 is 19.9 Å². The predicted molar refractivity (Wildman–Crippen MR) is 89.8 cm³/mol. The molecule has 0 saturated carbocycles. The molecule has 2 heterocycles. The van der Waals surface area contributed by atoms with Crippen molar-refractivity contribution in [3.63, 3.8) is 0 Å². The van der Waals surface area contributed by atoms with E-state index in [0.717, 1.165) is 32.0 Å². The lowest BCUT2D eigenvalue weighted by atomic mass is 10.1. The summed E-state index contributed by atoms with van der Waals surface area (Å²) in [6, 6.07) is 10.3. The van der Waals surface area contributed by atoms with Crippen molar-refractivity contribution >= 4 is 23.3 Å². The summed E-state index contributed by atoms with van der Waals surface area (Å²) in [6.07, 6.45) is 1.81. The zero-order valence-corrected chi connectivity index (χ0v) is 13.3. The number of rotatable bonds is 4. The molecule has 1 aromatic carbocycles. The number of aromatic nitrogens is 1. The van der Waals surface area contributed by atoms with Crippen LogP contribution in [0.1, 0.15) is 20.7 Å². The standard InChI is InChI=1S/C17H19N5O2/c18-15(23)12-4-1-2-6-14(12)21-17(24)13-5-3-7-20-16(13)22-10-8-19-9-11-22/h1-7,19H,8-11H2,(H2,18,23)(H,21,24)/p+2. The van der Waals surface area contributed by atoms with E-state index in [0.29, 0.717) is 16.8 Å². The number of benzene rings is 1. The maximum absolute atomic E-state index is 12.7. The van der Waals surface area contributed by atoms with Crippen molar-refractivity contribution in [2.45, 2.75) is 0 Å². The number of piperazine rings is 1. The molecule has 1 aliphatic heterocycles. The van der Waals surface area contributed by atoms with E-state index in [1.807, 2.05) is 6.20 Å². The van der Waals surface area contributed by atoms with Crippen molar-refractivity contribution in [3.05, 3.63) is 53.7 Å². The second kappa shape index (κ2) is 7.10. The Balaban J connectivity index is 1.87. The second-order valence-electron chi connectivity index (χ2n) is 5.65. The number of nitrogens with zero attached hydrogens (tertiary/aromatic N) is 1. The fraction of sp³-hybridized carbons (Fsp3) is 0.235. The molecule has 0 aliphatic carbocycles. The van der Waals surface area contributed by atoms with Gasteiger partial charge in [-0.25, -0.2) is 9.88 Å². The largest absolute Gasteiger partial charge is 0.366 e. The van der Waals surface area contributed by atoms with Crippen LogP contribution in [0.3, 0.4) is 0 Å². The van der Waals surface area contributed by atoms with Crippen molar-refractivity contribution in [2.24, 2.45) is 5.73 Å². The Morgan fingerprint density at radius 1 is 1.08 bits per heavy atom. The summed E-state index contributed by atoms with van der Waals surface area (Å²) in [5.41, 5.74) is 6.61. The van der Waals surface area contributed by atoms with E-state index < -0.39 is 5.91 Å². The van der Waals surface area contributed by atoms with Gasteiger partial charge in [0.1, 0.15) is 31.7 Å². The van der Waals surface area contributed by atoms with Crippen LogP contribution in [0.15, 0.2) is 42.6 Å². The first-order valence-corrected chi connectivity index (χ1v) is 7.94. The van der Waals surface area contributed by atoms with Gasteiger partial charge in [0.25, 0.3) is 17.6 Å². The fourth-order valence-electron chi connectivity index (χ4n) is 2.84.